The van der Waals surface area contributed by atoms with Crippen molar-refractivity contribution < 1.29 is 17.1 Å². The summed E-state index contributed by atoms with van der Waals surface area (Å²) < 4.78 is -0.768. The first-order valence-corrected chi connectivity index (χ1v) is 7.45. The molecule has 7 heteroatoms. The molecule has 2 heterocycles. The molecule has 2 fully saturated rings. The second-order valence-corrected chi connectivity index (χ2v) is 6.98. The topological polar surface area (TPSA) is 13.0 Å². The van der Waals surface area contributed by atoms with Crippen molar-refractivity contribution in [2.75, 3.05) is 73.0 Å². The minimum Gasteiger partial charge on any atom is -0.304 e. The Labute approximate surface area is 137 Å². The van der Waals surface area contributed by atoms with Crippen molar-refractivity contribution in [3.63, 3.8) is 0 Å². The first kappa shape index (κ1) is 18.0. The zero-order chi connectivity index (χ0) is 13.2. The van der Waals surface area contributed by atoms with Gasteiger partial charge in [0.1, 0.15) is 0 Å². The number of halogens is 2. The normalized spacial score (nSPS) is 34.1. The molecule has 0 aliphatic carbocycles. The fraction of sp³-hybridized carbons (Fsp3) is 1.00. The van der Waals surface area contributed by atoms with E-state index in [-0.39, 0.29) is 17.1 Å². The molecule has 2 saturated heterocycles. The van der Waals surface area contributed by atoms with E-state index in [0.717, 1.165) is 52.4 Å². The second-order valence-electron chi connectivity index (χ2n) is 5.54. The third-order valence-electron chi connectivity index (χ3n) is 3.96. The summed E-state index contributed by atoms with van der Waals surface area (Å²) in [6.45, 7) is 9.06. The molecule has 2 aliphatic rings. The summed E-state index contributed by atoms with van der Waals surface area (Å²) in [7, 11) is 4.27. The van der Waals surface area contributed by atoms with Gasteiger partial charge in [0, 0.05) is 76.0 Å². The van der Waals surface area contributed by atoms with Gasteiger partial charge in [0.25, 0.3) is 0 Å². The zero-order valence-corrected chi connectivity index (χ0v) is 14.4. The molecule has 0 radical (unpaired) electrons. The number of fused-ring (bicyclic) bond motifs is 3. The third-order valence-corrected chi connectivity index (χ3v) is 4.67. The third kappa shape index (κ3) is 5.33. The van der Waals surface area contributed by atoms with E-state index in [1.165, 1.54) is 0 Å². The van der Waals surface area contributed by atoms with E-state index in [0.29, 0.717) is 6.54 Å². The van der Waals surface area contributed by atoms with Gasteiger partial charge in [0.15, 0.2) is 4.46 Å². The molecule has 0 aromatic carbocycles. The average Bonchev–Trinajstić information content (AvgIpc) is 2.40. The van der Waals surface area contributed by atoms with Crippen molar-refractivity contribution in [3.8, 4) is 0 Å². The molecule has 0 aromatic rings. The molecule has 2 aliphatic heterocycles. The van der Waals surface area contributed by atoms with Gasteiger partial charge in [0.05, 0.1) is 0 Å². The Kier molecular flexibility index (Phi) is 7.39. The smallest absolute Gasteiger partial charge is 0.184 e. The van der Waals surface area contributed by atoms with Crippen LogP contribution in [0.25, 0.3) is 0 Å². The van der Waals surface area contributed by atoms with Gasteiger partial charge >= 0.3 is 0 Å². The summed E-state index contributed by atoms with van der Waals surface area (Å²) in [5.41, 5.74) is 0. The van der Waals surface area contributed by atoms with Crippen LogP contribution in [0.2, 0.25) is 0 Å². The molecule has 0 N–H and O–H groups in total. The van der Waals surface area contributed by atoms with E-state index in [2.05, 4.69) is 33.7 Å². The summed E-state index contributed by atoms with van der Waals surface area (Å²) in [4.78, 5) is 9.32. The molecular formula is C12H24Cl2FeN4. The molecule has 4 nitrogen and oxygen atoms in total. The number of alkyl halides is 2. The Morgan fingerprint density at radius 3 is 1.89 bits per heavy atom. The summed E-state index contributed by atoms with van der Waals surface area (Å²) in [5.74, 6) is 0. The van der Waals surface area contributed by atoms with Crippen molar-refractivity contribution in [2.45, 2.75) is 4.46 Å². The summed E-state index contributed by atoms with van der Waals surface area (Å²) in [6, 6.07) is 0. The minimum absolute atomic E-state index is 0. The standard InChI is InChI=1S/C12H24Cl2N4.Fe/c1-15-3-6-17-7-4-16(2)11-12(13,14)18(9-5-15)10-8-17;/h3-11H2,1-2H3;. The van der Waals surface area contributed by atoms with Crippen LogP contribution >= 0.6 is 23.2 Å². The SMILES string of the molecule is CN1CCN2CCN(C)CC(Cl)(Cl)N(CC1)CC2.[Fe]. The maximum absolute atomic E-state index is 6.55. The predicted molar refractivity (Wildman–Crippen MR) is 77.4 cm³/mol. The molecule has 2 unspecified atom stereocenters. The van der Waals surface area contributed by atoms with Gasteiger partial charge in [-0.1, -0.05) is 23.2 Å². The maximum atomic E-state index is 6.55. The Morgan fingerprint density at radius 2 is 1.21 bits per heavy atom. The van der Waals surface area contributed by atoms with Crippen LogP contribution in [0.1, 0.15) is 0 Å². The number of hydrogen-bond donors (Lipinski definition) is 0. The molecule has 0 amide bonds. The minimum atomic E-state index is -0.768. The van der Waals surface area contributed by atoms with Crippen molar-refractivity contribution in [1.29, 1.82) is 0 Å². The van der Waals surface area contributed by atoms with Crippen LogP contribution in [0, 0.1) is 0 Å². The summed E-state index contributed by atoms with van der Waals surface area (Å²) in [6.07, 6.45) is 0. The van der Waals surface area contributed by atoms with Gasteiger partial charge in [-0.25, -0.2) is 0 Å². The van der Waals surface area contributed by atoms with E-state index in [1.54, 1.807) is 0 Å². The number of likely N-dealkylation sites (N-methyl/N-ethyl adjacent to an activating group) is 2. The zero-order valence-electron chi connectivity index (χ0n) is 11.8. The first-order chi connectivity index (χ1) is 8.47. The molecule has 0 spiro atoms. The largest absolute Gasteiger partial charge is 0.304 e. The molecule has 0 aromatic heterocycles. The molecule has 19 heavy (non-hydrogen) atoms. The molecule has 114 valence electrons. The monoisotopic (exact) mass is 350 g/mol. The van der Waals surface area contributed by atoms with Gasteiger partial charge in [0.2, 0.25) is 0 Å². The molecule has 0 saturated carbocycles. The Hall–Kier alpha value is 0.939. The van der Waals surface area contributed by atoms with Gasteiger partial charge in [-0.05, 0) is 14.1 Å². The second kappa shape index (κ2) is 7.81. The number of rotatable bonds is 0. The van der Waals surface area contributed by atoms with Crippen molar-refractivity contribution in [1.82, 2.24) is 19.6 Å². The van der Waals surface area contributed by atoms with E-state index < -0.39 is 4.46 Å². The summed E-state index contributed by atoms with van der Waals surface area (Å²) >= 11 is 13.1. The maximum Gasteiger partial charge on any atom is 0.184 e. The average molecular weight is 351 g/mol. The van der Waals surface area contributed by atoms with Crippen molar-refractivity contribution in [3.05, 3.63) is 0 Å². The molecule has 2 rings (SSSR count). The quantitative estimate of drug-likeness (QED) is 0.360. The number of hydrogen-bond acceptors (Lipinski definition) is 4. The van der Waals surface area contributed by atoms with Gasteiger partial charge in [-0.3, -0.25) is 9.80 Å². The Bertz CT molecular complexity index is 280. The van der Waals surface area contributed by atoms with Crippen LogP contribution in [0.4, 0.5) is 0 Å². The van der Waals surface area contributed by atoms with E-state index in [1.807, 2.05) is 0 Å². The fourth-order valence-corrected chi connectivity index (χ4v) is 3.31. The van der Waals surface area contributed by atoms with Crippen LogP contribution in [-0.2, 0) is 17.1 Å². The van der Waals surface area contributed by atoms with Gasteiger partial charge in [-0.2, -0.15) is 0 Å². The van der Waals surface area contributed by atoms with Gasteiger partial charge in [-0.15, -0.1) is 0 Å². The Morgan fingerprint density at radius 1 is 0.737 bits per heavy atom. The van der Waals surface area contributed by atoms with Crippen LogP contribution in [0.3, 0.4) is 0 Å². The van der Waals surface area contributed by atoms with E-state index in [9.17, 15) is 0 Å². The van der Waals surface area contributed by atoms with E-state index in [4.69, 9.17) is 23.2 Å². The number of nitrogens with zero attached hydrogens (tertiary/aromatic N) is 4. The molecule has 2 atom stereocenters. The van der Waals surface area contributed by atoms with E-state index >= 15 is 0 Å². The van der Waals surface area contributed by atoms with Crippen LogP contribution in [0.15, 0.2) is 0 Å². The van der Waals surface area contributed by atoms with Crippen LogP contribution in [-0.4, -0.2) is 97.1 Å². The molecular weight excluding hydrogens is 327 g/mol. The summed E-state index contributed by atoms with van der Waals surface area (Å²) in [5, 5.41) is 0. The Balaban J connectivity index is 0.00000180. The predicted octanol–water partition coefficient (Wildman–Crippen LogP) is 0.610. The van der Waals surface area contributed by atoms with Crippen LogP contribution in [0.5, 0.6) is 0 Å². The van der Waals surface area contributed by atoms with Gasteiger partial charge < -0.3 is 9.80 Å². The molecule has 2 bridgehead atoms. The fourth-order valence-electron chi connectivity index (χ4n) is 2.57. The first-order valence-electron chi connectivity index (χ1n) is 6.70. The van der Waals surface area contributed by atoms with Crippen molar-refractivity contribution >= 4 is 23.2 Å². The van der Waals surface area contributed by atoms with Crippen molar-refractivity contribution in [2.24, 2.45) is 0 Å². The van der Waals surface area contributed by atoms with Crippen LogP contribution < -0.4 is 0 Å².